The van der Waals surface area contributed by atoms with Crippen molar-refractivity contribution < 1.29 is 4.79 Å². The number of nitrogens with zero attached hydrogens (tertiary/aromatic N) is 1. The van der Waals surface area contributed by atoms with E-state index in [4.69, 9.17) is 11.6 Å². The molecular weight excluding hydrogens is 296 g/mol. The molecule has 3 nitrogen and oxygen atoms in total. The molecular formula is C18H15ClN2O. The van der Waals surface area contributed by atoms with Gasteiger partial charge in [0.05, 0.1) is 0 Å². The molecule has 4 heteroatoms. The summed E-state index contributed by atoms with van der Waals surface area (Å²) in [4.78, 5) is 18.0. The highest BCUT2D eigenvalue weighted by atomic mass is 35.5. The molecule has 3 aromatic rings. The molecule has 0 unspecified atom stereocenters. The van der Waals surface area contributed by atoms with Gasteiger partial charge in [-0.2, -0.15) is 0 Å². The fourth-order valence-corrected chi connectivity index (χ4v) is 3.24. The van der Waals surface area contributed by atoms with Crippen LogP contribution in [0, 0.1) is 0 Å². The van der Waals surface area contributed by atoms with Crippen molar-refractivity contribution in [2.75, 3.05) is 6.54 Å². The Bertz CT molecular complexity index is 851. The second kappa shape index (κ2) is 5.18. The summed E-state index contributed by atoms with van der Waals surface area (Å²) in [6.07, 6.45) is 0.864. The summed E-state index contributed by atoms with van der Waals surface area (Å²) in [5, 5.41) is 1.86. The Kier molecular flexibility index (Phi) is 3.16. The lowest BCUT2D eigenvalue weighted by atomic mass is 10.0. The summed E-state index contributed by atoms with van der Waals surface area (Å²) in [5.74, 6) is 0.0626. The van der Waals surface area contributed by atoms with Crippen molar-refractivity contribution in [1.29, 1.82) is 0 Å². The Morgan fingerprint density at radius 3 is 2.68 bits per heavy atom. The smallest absolute Gasteiger partial charge is 0.254 e. The number of H-pyrrole nitrogens is 1. The molecule has 4 rings (SSSR count). The fraction of sp³-hybridized carbons (Fsp3) is 0.167. The topological polar surface area (TPSA) is 36.1 Å². The van der Waals surface area contributed by atoms with E-state index in [1.54, 1.807) is 24.3 Å². The molecule has 0 spiro atoms. The first-order valence-corrected chi connectivity index (χ1v) is 7.73. The van der Waals surface area contributed by atoms with Crippen LogP contribution in [0.3, 0.4) is 0 Å². The summed E-state index contributed by atoms with van der Waals surface area (Å²) >= 11 is 5.89. The van der Waals surface area contributed by atoms with E-state index in [0.29, 0.717) is 17.1 Å². The Morgan fingerprint density at radius 1 is 1.09 bits per heavy atom. The Labute approximate surface area is 133 Å². The van der Waals surface area contributed by atoms with E-state index in [2.05, 4.69) is 17.1 Å². The minimum absolute atomic E-state index is 0.0626. The van der Waals surface area contributed by atoms with Crippen LogP contribution in [0.1, 0.15) is 21.6 Å². The third-order valence-electron chi connectivity index (χ3n) is 4.26. The molecule has 22 heavy (non-hydrogen) atoms. The summed E-state index contributed by atoms with van der Waals surface area (Å²) in [5.41, 5.74) is 4.33. The number of aromatic amines is 1. The van der Waals surface area contributed by atoms with Crippen molar-refractivity contribution in [2.24, 2.45) is 0 Å². The van der Waals surface area contributed by atoms with Crippen molar-refractivity contribution >= 4 is 28.4 Å². The highest BCUT2D eigenvalue weighted by Crippen LogP contribution is 2.28. The zero-order valence-electron chi connectivity index (χ0n) is 12.0. The molecule has 0 fully saturated rings. The predicted octanol–water partition coefficient (Wildman–Crippen LogP) is 4.02. The van der Waals surface area contributed by atoms with Gasteiger partial charge in [0.1, 0.15) is 0 Å². The van der Waals surface area contributed by atoms with Gasteiger partial charge in [-0.05, 0) is 30.3 Å². The van der Waals surface area contributed by atoms with E-state index < -0.39 is 0 Å². The number of benzene rings is 2. The maximum atomic E-state index is 12.7. The molecule has 0 atom stereocenters. The molecule has 0 saturated carbocycles. The Hall–Kier alpha value is -2.26. The molecule has 1 aliphatic rings. The van der Waals surface area contributed by atoms with Crippen LogP contribution < -0.4 is 0 Å². The number of carbonyl (C=O) groups excluding carboxylic acids is 1. The van der Waals surface area contributed by atoms with Gasteiger partial charge >= 0.3 is 0 Å². The van der Waals surface area contributed by atoms with Crippen LogP contribution in [0.25, 0.3) is 10.9 Å². The molecule has 0 radical (unpaired) electrons. The van der Waals surface area contributed by atoms with Crippen molar-refractivity contribution in [1.82, 2.24) is 9.88 Å². The lowest BCUT2D eigenvalue weighted by molar-refractivity contribution is 0.0735. The third-order valence-corrected chi connectivity index (χ3v) is 4.51. The van der Waals surface area contributed by atoms with Gasteiger partial charge in [-0.15, -0.1) is 0 Å². The molecule has 0 aliphatic carbocycles. The standard InChI is InChI=1S/C18H15ClN2O/c19-13-7-5-12(6-8-13)18(22)21-10-9-17-15(11-21)14-3-1-2-4-16(14)20-17/h1-8,20H,9-11H2. The zero-order chi connectivity index (χ0) is 15.1. The Morgan fingerprint density at radius 2 is 1.86 bits per heavy atom. The normalized spacial score (nSPS) is 14.1. The van der Waals surface area contributed by atoms with Gasteiger partial charge in [-0.25, -0.2) is 0 Å². The number of rotatable bonds is 1. The van der Waals surface area contributed by atoms with Crippen LogP contribution in [0.15, 0.2) is 48.5 Å². The molecule has 0 saturated heterocycles. The molecule has 0 bridgehead atoms. The predicted molar refractivity (Wildman–Crippen MR) is 88.2 cm³/mol. The molecule has 2 aromatic carbocycles. The van der Waals surface area contributed by atoms with Crippen LogP contribution in [-0.4, -0.2) is 22.3 Å². The number of hydrogen-bond donors (Lipinski definition) is 1. The highest BCUT2D eigenvalue weighted by molar-refractivity contribution is 6.30. The van der Waals surface area contributed by atoms with Crippen LogP contribution in [0.5, 0.6) is 0 Å². The number of nitrogens with one attached hydrogen (secondary N) is 1. The molecule has 1 aliphatic heterocycles. The van der Waals surface area contributed by atoms with E-state index in [9.17, 15) is 4.79 Å². The van der Waals surface area contributed by atoms with Gasteiger partial charge < -0.3 is 9.88 Å². The van der Waals surface area contributed by atoms with Gasteiger partial charge in [0.15, 0.2) is 0 Å². The first kappa shape index (κ1) is 13.4. The average molecular weight is 311 g/mol. The van der Waals surface area contributed by atoms with Crippen molar-refractivity contribution in [3.63, 3.8) is 0 Å². The molecule has 1 aromatic heterocycles. The van der Waals surface area contributed by atoms with Crippen LogP contribution in [0.4, 0.5) is 0 Å². The lowest BCUT2D eigenvalue weighted by Crippen LogP contribution is -2.35. The maximum Gasteiger partial charge on any atom is 0.254 e. The van der Waals surface area contributed by atoms with Gasteiger partial charge in [0.2, 0.25) is 0 Å². The van der Waals surface area contributed by atoms with E-state index in [1.165, 1.54) is 16.6 Å². The quantitative estimate of drug-likeness (QED) is 0.724. The highest BCUT2D eigenvalue weighted by Gasteiger charge is 2.24. The van der Waals surface area contributed by atoms with E-state index >= 15 is 0 Å². The number of amides is 1. The minimum atomic E-state index is 0.0626. The molecule has 1 amide bonds. The second-order valence-corrected chi connectivity index (χ2v) is 6.05. The largest absolute Gasteiger partial charge is 0.358 e. The van der Waals surface area contributed by atoms with Gasteiger partial charge in [0, 0.05) is 52.3 Å². The number of hydrogen-bond acceptors (Lipinski definition) is 1. The summed E-state index contributed by atoms with van der Waals surface area (Å²) in [6, 6.07) is 15.4. The van der Waals surface area contributed by atoms with Crippen LogP contribution >= 0.6 is 11.6 Å². The van der Waals surface area contributed by atoms with Crippen molar-refractivity contribution in [3.8, 4) is 0 Å². The summed E-state index contributed by atoms with van der Waals surface area (Å²) in [6.45, 7) is 1.39. The molecule has 2 heterocycles. The third kappa shape index (κ3) is 2.18. The van der Waals surface area contributed by atoms with Crippen LogP contribution in [-0.2, 0) is 13.0 Å². The average Bonchev–Trinajstić information content (AvgIpc) is 2.92. The monoisotopic (exact) mass is 310 g/mol. The second-order valence-electron chi connectivity index (χ2n) is 5.61. The first-order valence-electron chi connectivity index (χ1n) is 7.35. The summed E-state index contributed by atoms with van der Waals surface area (Å²) in [7, 11) is 0. The fourth-order valence-electron chi connectivity index (χ4n) is 3.11. The van der Waals surface area contributed by atoms with E-state index in [-0.39, 0.29) is 5.91 Å². The Balaban J connectivity index is 1.66. The minimum Gasteiger partial charge on any atom is -0.358 e. The van der Waals surface area contributed by atoms with Crippen LogP contribution in [0.2, 0.25) is 5.02 Å². The van der Waals surface area contributed by atoms with Gasteiger partial charge in [-0.3, -0.25) is 4.79 Å². The first-order chi connectivity index (χ1) is 10.7. The lowest BCUT2D eigenvalue weighted by Gasteiger charge is -2.27. The number of halogens is 1. The van der Waals surface area contributed by atoms with E-state index in [1.807, 2.05) is 17.0 Å². The number of para-hydroxylation sites is 1. The molecule has 110 valence electrons. The van der Waals surface area contributed by atoms with E-state index in [0.717, 1.165) is 18.5 Å². The zero-order valence-corrected chi connectivity index (χ0v) is 12.7. The van der Waals surface area contributed by atoms with Gasteiger partial charge in [0.25, 0.3) is 5.91 Å². The van der Waals surface area contributed by atoms with Crippen molar-refractivity contribution in [2.45, 2.75) is 13.0 Å². The SMILES string of the molecule is O=C(c1ccc(Cl)cc1)N1CCc2[nH]c3ccccc3c2C1. The maximum absolute atomic E-state index is 12.7. The van der Waals surface area contributed by atoms with Crippen molar-refractivity contribution in [3.05, 3.63) is 70.4 Å². The summed E-state index contributed by atoms with van der Waals surface area (Å²) < 4.78 is 0. The number of aromatic nitrogens is 1. The molecule has 1 N–H and O–H groups in total. The number of fused-ring (bicyclic) bond motifs is 3. The number of carbonyl (C=O) groups is 1. The van der Waals surface area contributed by atoms with Gasteiger partial charge in [-0.1, -0.05) is 29.8 Å².